The summed E-state index contributed by atoms with van der Waals surface area (Å²) in [6, 6.07) is 6.79. The van der Waals surface area contributed by atoms with E-state index in [2.05, 4.69) is 48.8 Å². The molecule has 90 valence electrons. The Morgan fingerprint density at radius 2 is 2.06 bits per heavy atom. The van der Waals surface area contributed by atoms with Gasteiger partial charge in [0.05, 0.1) is 11.2 Å². The van der Waals surface area contributed by atoms with E-state index in [4.69, 9.17) is 5.73 Å². The lowest BCUT2D eigenvalue weighted by atomic mass is 10.00. The molecule has 2 N–H and O–H groups in total. The molecule has 1 saturated carbocycles. The first-order valence-corrected chi connectivity index (χ1v) is 6.30. The first kappa shape index (κ1) is 10.8. The van der Waals surface area contributed by atoms with Gasteiger partial charge in [-0.05, 0) is 45.2 Å². The van der Waals surface area contributed by atoms with Crippen LogP contribution < -0.4 is 5.73 Å². The zero-order valence-corrected chi connectivity index (χ0v) is 10.7. The fourth-order valence-electron chi connectivity index (χ4n) is 2.59. The summed E-state index contributed by atoms with van der Waals surface area (Å²) in [5.41, 5.74) is 9.85. The van der Waals surface area contributed by atoms with Crippen molar-refractivity contribution in [1.29, 1.82) is 0 Å². The Morgan fingerprint density at radius 1 is 1.35 bits per heavy atom. The zero-order valence-electron chi connectivity index (χ0n) is 10.7. The molecule has 17 heavy (non-hydrogen) atoms. The van der Waals surface area contributed by atoms with Crippen molar-refractivity contribution in [1.82, 2.24) is 9.78 Å². The number of nitrogens with two attached hydrogens (primary N) is 1. The molecule has 1 fully saturated rings. The minimum absolute atomic E-state index is 0.0882. The first-order chi connectivity index (χ1) is 8.03. The van der Waals surface area contributed by atoms with Gasteiger partial charge in [0.1, 0.15) is 0 Å². The summed E-state index contributed by atoms with van der Waals surface area (Å²) in [6.07, 6.45) is 2.19. The second-order valence-electron chi connectivity index (χ2n) is 5.48. The van der Waals surface area contributed by atoms with Crippen LogP contribution in [0.1, 0.15) is 44.0 Å². The fraction of sp³-hybridized carbons (Fsp3) is 0.500. The summed E-state index contributed by atoms with van der Waals surface area (Å²) >= 11 is 0. The minimum atomic E-state index is -0.0882. The Hall–Kier alpha value is -1.35. The molecule has 2 aromatic rings. The van der Waals surface area contributed by atoms with Gasteiger partial charge in [0, 0.05) is 17.0 Å². The van der Waals surface area contributed by atoms with Crippen LogP contribution in [0.2, 0.25) is 0 Å². The highest BCUT2D eigenvalue weighted by Crippen LogP contribution is 2.46. The maximum atomic E-state index is 6.35. The van der Waals surface area contributed by atoms with Crippen molar-refractivity contribution >= 4 is 10.9 Å². The molecule has 1 heterocycles. The SMILES string of the molecule is Cc1nn(C(C)C)c2cccc(C3(N)CC3)c12. The van der Waals surface area contributed by atoms with Crippen LogP contribution in [0.25, 0.3) is 10.9 Å². The number of aromatic nitrogens is 2. The maximum Gasteiger partial charge on any atom is 0.0691 e. The van der Waals surface area contributed by atoms with Gasteiger partial charge < -0.3 is 5.73 Å². The summed E-state index contributed by atoms with van der Waals surface area (Å²) in [6.45, 7) is 6.40. The highest BCUT2D eigenvalue weighted by molar-refractivity contribution is 5.87. The molecular weight excluding hydrogens is 210 g/mol. The Morgan fingerprint density at radius 3 is 2.65 bits per heavy atom. The average Bonchev–Trinajstić information content (AvgIpc) is 2.94. The van der Waals surface area contributed by atoms with E-state index in [1.807, 2.05) is 0 Å². The van der Waals surface area contributed by atoms with Crippen molar-refractivity contribution in [3.05, 3.63) is 29.5 Å². The van der Waals surface area contributed by atoms with Crippen LogP contribution in [-0.2, 0) is 5.54 Å². The fourth-order valence-corrected chi connectivity index (χ4v) is 2.59. The van der Waals surface area contributed by atoms with Crippen LogP contribution in [0.4, 0.5) is 0 Å². The van der Waals surface area contributed by atoms with Crippen LogP contribution >= 0.6 is 0 Å². The molecule has 0 saturated heterocycles. The van der Waals surface area contributed by atoms with Gasteiger partial charge in [-0.3, -0.25) is 4.68 Å². The van der Waals surface area contributed by atoms with E-state index in [9.17, 15) is 0 Å². The molecule has 1 aromatic heterocycles. The monoisotopic (exact) mass is 229 g/mol. The summed E-state index contributed by atoms with van der Waals surface area (Å²) in [7, 11) is 0. The first-order valence-electron chi connectivity index (χ1n) is 6.30. The summed E-state index contributed by atoms with van der Waals surface area (Å²) in [5, 5.41) is 5.92. The van der Waals surface area contributed by atoms with E-state index in [1.165, 1.54) is 16.5 Å². The van der Waals surface area contributed by atoms with Gasteiger partial charge in [-0.1, -0.05) is 12.1 Å². The average molecular weight is 229 g/mol. The van der Waals surface area contributed by atoms with E-state index < -0.39 is 0 Å². The van der Waals surface area contributed by atoms with Gasteiger partial charge in [0.2, 0.25) is 0 Å². The van der Waals surface area contributed by atoms with Gasteiger partial charge in [-0.2, -0.15) is 5.10 Å². The van der Waals surface area contributed by atoms with Crippen molar-refractivity contribution < 1.29 is 0 Å². The normalized spacial score (nSPS) is 17.9. The van der Waals surface area contributed by atoms with E-state index in [0.29, 0.717) is 6.04 Å². The predicted octanol–water partition coefficient (Wildman–Crippen LogP) is 2.87. The Kier molecular flexibility index (Phi) is 2.11. The van der Waals surface area contributed by atoms with E-state index in [0.717, 1.165) is 18.5 Å². The zero-order chi connectivity index (χ0) is 12.2. The van der Waals surface area contributed by atoms with E-state index in [-0.39, 0.29) is 5.54 Å². The number of hydrogen-bond donors (Lipinski definition) is 1. The molecule has 0 atom stereocenters. The van der Waals surface area contributed by atoms with Crippen molar-refractivity contribution in [2.45, 2.75) is 45.2 Å². The van der Waals surface area contributed by atoms with E-state index >= 15 is 0 Å². The highest BCUT2D eigenvalue weighted by Gasteiger charge is 2.41. The van der Waals surface area contributed by atoms with Crippen molar-refractivity contribution in [2.75, 3.05) is 0 Å². The van der Waals surface area contributed by atoms with Crippen LogP contribution in [0.5, 0.6) is 0 Å². The largest absolute Gasteiger partial charge is 0.321 e. The quantitative estimate of drug-likeness (QED) is 0.860. The maximum absolute atomic E-state index is 6.35. The highest BCUT2D eigenvalue weighted by atomic mass is 15.3. The molecule has 0 radical (unpaired) electrons. The van der Waals surface area contributed by atoms with Gasteiger partial charge in [0.15, 0.2) is 0 Å². The molecule has 0 spiro atoms. The van der Waals surface area contributed by atoms with Crippen molar-refractivity contribution in [2.24, 2.45) is 5.73 Å². The molecule has 1 aliphatic rings. The minimum Gasteiger partial charge on any atom is -0.321 e. The second-order valence-corrected chi connectivity index (χ2v) is 5.48. The van der Waals surface area contributed by atoms with Crippen LogP contribution in [0.3, 0.4) is 0 Å². The van der Waals surface area contributed by atoms with Gasteiger partial charge in [0.25, 0.3) is 0 Å². The topological polar surface area (TPSA) is 43.8 Å². The molecule has 0 bridgehead atoms. The Bertz CT molecular complexity index is 576. The molecule has 3 rings (SSSR count). The van der Waals surface area contributed by atoms with Crippen molar-refractivity contribution in [3.8, 4) is 0 Å². The van der Waals surface area contributed by atoms with Gasteiger partial charge in [-0.15, -0.1) is 0 Å². The number of rotatable bonds is 2. The van der Waals surface area contributed by atoms with Crippen LogP contribution in [0.15, 0.2) is 18.2 Å². The predicted molar refractivity (Wildman–Crippen MR) is 70.0 cm³/mol. The molecule has 3 nitrogen and oxygen atoms in total. The molecule has 1 aliphatic carbocycles. The lowest BCUT2D eigenvalue weighted by Gasteiger charge is -2.12. The number of hydrogen-bond acceptors (Lipinski definition) is 2. The number of fused-ring (bicyclic) bond motifs is 1. The van der Waals surface area contributed by atoms with Gasteiger partial charge >= 0.3 is 0 Å². The summed E-state index contributed by atoms with van der Waals surface area (Å²) < 4.78 is 2.10. The molecular formula is C14H19N3. The molecule has 0 unspecified atom stereocenters. The van der Waals surface area contributed by atoms with Gasteiger partial charge in [-0.25, -0.2) is 0 Å². The van der Waals surface area contributed by atoms with Crippen molar-refractivity contribution in [3.63, 3.8) is 0 Å². The smallest absolute Gasteiger partial charge is 0.0691 e. The molecule has 1 aromatic carbocycles. The molecule has 0 amide bonds. The Labute approximate surface area is 102 Å². The van der Waals surface area contributed by atoms with Crippen LogP contribution in [-0.4, -0.2) is 9.78 Å². The number of nitrogens with zero attached hydrogens (tertiary/aromatic N) is 2. The number of aryl methyl sites for hydroxylation is 1. The Balaban J connectivity index is 2.32. The third-order valence-corrected chi connectivity index (χ3v) is 3.72. The summed E-state index contributed by atoms with van der Waals surface area (Å²) in [4.78, 5) is 0. The second kappa shape index (κ2) is 3.33. The third-order valence-electron chi connectivity index (χ3n) is 3.72. The molecule has 0 aliphatic heterocycles. The molecule has 3 heteroatoms. The lowest BCUT2D eigenvalue weighted by Crippen LogP contribution is -2.19. The number of benzene rings is 1. The van der Waals surface area contributed by atoms with E-state index in [1.54, 1.807) is 0 Å². The summed E-state index contributed by atoms with van der Waals surface area (Å²) in [5.74, 6) is 0. The van der Waals surface area contributed by atoms with Crippen LogP contribution in [0, 0.1) is 6.92 Å². The lowest BCUT2D eigenvalue weighted by molar-refractivity contribution is 0.547. The standard InChI is InChI=1S/C14H19N3/c1-9(2)17-12-6-4-5-11(14(15)7-8-14)13(12)10(3)16-17/h4-6,9H,7-8,15H2,1-3H3. The third kappa shape index (κ3) is 1.49.